The maximum absolute atomic E-state index is 3.35. The van der Waals surface area contributed by atoms with Gasteiger partial charge in [-0.1, -0.05) is 57.9 Å². The second kappa shape index (κ2) is 8.59. The van der Waals surface area contributed by atoms with Crippen molar-refractivity contribution in [2.45, 2.75) is 52.9 Å². The summed E-state index contributed by atoms with van der Waals surface area (Å²) in [7, 11) is 0. The van der Waals surface area contributed by atoms with Gasteiger partial charge in [-0.3, -0.25) is 0 Å². The summed E-state index contributed by atoms with van der Waals surface area (Å²) in [6.45, 7) is 6.64. The summed E-state index contributed by atoms with van der Waals surface area (Å²) in [4.78, 5) is 0. The third-order valence-electron chi connectivity index (χ3n) is 5.09. The van der Waals surface area contributed by atoms with Crippen LogP contribution in [0, 0.1) is 31.7 Å². The van der Waals surface area contributed by atoms with Gasteiger partial charge in [-0.15, -0.1) is 5.56 Å². The van der Waals surface area contributed by atoms with Gasteiger partial charge >= 0.3 is 0 Å². The first-order valence-electron chi connectivity index (χ1n) is 8.70. The van der Waals surface area contributed by atoms with Crippen LogP contribution < -0.4 is 0 Å². The average Bonchev–Trinajstić information content (AvgIpc) is 2.49. The van der Waals surface area contributed by atoms with Crippen molar-refractivity contribution in [1.82, 2.24) is 0 Å². The molecule has 0 bridgehead atoms. The quantitative estimate of drug-likeness (QED) is 0.562. The maximum atomic E-state index is 3.35. The Hall–Kier alpha value is -0.456. The van der Waals surface area contributed by atoms with E-state index in [1.54, 1.807) is 0 Å². The van der Waals surface area contributed by atoms with Crippen molar-refractivity contribution < 1.29 is 32.7 Å². The molecule has 3 rings (SSSR count). The van der Waals surface area contributed by atoms with E-state index in [1.165, 1.54) is 59.9 Å². The Morgan fingerprint density at radius 3 is 2.00 bits per heavy atom. The van der Waals surface area contributed by atoms with E-state index >= 15 is 0 Å². The molecule has 1 saturated carbocycles. The van der Waals surface area contributed by atoms with Crippen LogP contribution in [0.15, 0.2) is 36.4 Å². The summed E-state index contributed by atoms with van der Waals surface area (Å²) in [6, 6.07) is 17.0. The standard InChI is InChI=1S/C22H27.Y/c1-16-4-6-19(7-5-16)15-20-8-10-21(11-9-20)22-13-17(2)12-18(3)14-22;/h8-11,13-14,16,19H,4-7,15H2,1-3H3;/q-1;. The van der Waals surface area contributed by atoms with E-state index in [0.717, 1.165) is 11.8 Å². The molecule has 1 fully saturated rings. The molecule has 0 aliphatic heterocycles. The first kappa shape index (κ1) is 18.9. The van der Waals surface area contributed by atoms with Gasteiger partial charge in [0.2, 0.25) is 0 Å². The summed E-state index contributed by atoms with van der Waals surface area (Å²) < 4.78 is 0. The van der Waals surface area contributed by atoms with Crippen LogP contribution in [0.25, 0.3) is 11.1 Å². The predicted octanol–water partition coefficient (Wildman–Crippen LogP) is 6.14. The van der Waals surface area contributed by atoms with Crippen molar-refractivity contribution in [1.29, 1.82) is 0 Å². The van der Waals surface area contributed by atoms with Gasteiger partial charge in [0.25, 0.3) is 0 Å². The van der Waals surface area contributed by atoms with E-state index in [-0.39, 0.29) is 32.7 Å². The Balaban J connectivity index is 0.00000192. The molecule has 2 aromatic carbocycles. The summed E-state index contributed by atoms with van der Waals surface area (Å²) in [5.74, 6) is 1.85. The number of benzene rings is 2. The zero-order valence-electron chi connectivity index (χ0n) is 14.7. The Kier molecular flexibility index (Phi) is 7.05. The van der Waals surface area contributed by atoms with Gasteiger partial charge in [-0.05, 0) is 42.2 Å². The maximum Gasteiger partial charge on any atom is 0 e. The number of hydrogen-bond donors (Lipinski definition) is 0. The fraction of sp³-hybridized carbons (Fsp3) is 0.455. The van der Waals surface area contributed by atoms with Crippen LogP contribution in [0.1, 0.15) is 49.3 Å². The molecule has 119 valence electrons. The zero-order chi connectivity index (χ0) is 15.5. The second-order valence-electron chi connectivity index (χ2n) is 7.26. The fourth-order valence-corrected chi connectivity index (χ4v) is 3.76. The van der Waals surface area contributed by atoms with E-state index in [4.69, 9.17) is 0 Å². The van der Waals surface area contributed by atoms with Crippen LogP contribution in [-0.4, -0.2) is 0 Å². The molecule has 0 amide bonds. The molecule has 1 aliphatic rings. The molecule has 1 heteroatoms. The largest absolute Gasteiger partial charge is 0.177 e. The Morgan fingerprint density at radius 1 is 0.870 bits per heavy atom. The summed E-state index contributed by atoms with van der Waals surface area (Å²) >= 11 is 0. The van der Waals surface area contributed by atoms with Crippen molar-refractivity contribution in [3.05, 3.63) is 59.2 Å². The first-order chi connectivity index (χ1) is 10.6. The van der Waals surface area contributed by atoms with Gasteiger partial charge in [-0.2, -0.15) is 29.3 Å². The van der Waals surface area contributed by atoms with Gasteiger partial charge in [-0.25, -0.2) is 0 Å². The van der Waals surface area contributed by atoms with E-state index in [0.29, 0.717) is 0 Å². The zero-order valence-corrected chi connectivity index (χ0v) is 17.6. The molecule has 0 N–H and O–H groups in total. The van der Waals surface area contributed by atoms with Gasteiger partial charge in [0.1, 0.15) is 0 Å². The Morgan fingerprint density at radius 2 is 1.43 bits per heavy atom. The van der Waals surface area contributed by atoms with Crippen molar-refractivity contribution >= 4 is 0 Å². The molecule has 0 atom stereocenters. The average molecular weight is 380 g/mol. The topological polar surface area (TPSA) is 0 Å². The van der Waals surface area contributed by atoms with Gasteiger partial charge in [0.15, 0.2) is 0 Å². The predicted molar refractivity (Wildman–Crippen MR) is 95.0 cm³/mol. The van der Waals surface area contributed by atoms with Crippen molar-refractivity contribution in [3.8, 4) is 11.1 Å². The molecular formula is C22H27Y-. The molecule has 2 aromatic rings. The van der Waals surface area contributed by atoms with Gasteiger partial charge in [0.05, 0.1) is 0 Å². The molecule has 0 nitrogen and oxygen atoms in total. The minimum Gasteiger partial charge on any atom is -0.177 e. The van der Waals surface area contributed by atoms with Crippen LogP contribution in [0.2, 0.25) is 0 Å². The monoisotopic (exact) mass is 380 g/mol. The first-order valence-corrected chi connectivity index (χ1v) is 8.70. The number of rotatable bonds is 3. The normalized spacial score (nSPS) is 20.8. The van der Waals surface area contributed by atoms with Crippen molar-refractivity contribution in [2.24, 2.45) is 11.8 Å². The smallest absolute Gasteiger partial charge is 0 e. The van der Waals surface area contributed by atoms with E-state index < -0.39 is 0 Å². The Labute approximate surface area is 167 Å². The summed E-state index contributed by atoms with van der Waals surface area (Å²) in [5.41, 5.74) is 6.57. The molecule has 0 heterocycles. The molecule has 23 heavy (non-hydrogen) atoms. The minimum atomic E-state index is 0. The molecule has 0 spiro atoms. The van der Waals surface area contributed by atoms with Gasteiger partial charge in [0, 0.05) is 32.7 Å². The molecular weight excluding hydrogens is 353 g/mol. The Bertz CT molecular complexity index is 599. The van der Waals surface area contributed by atoms with Crippen LogP contribution in [0.5, 0.6) is 0 Å². The molecule has 1 radical (unpaired) electrons. The van der Waals surface area contributed by atoms with Crippen molar-refractivity contribution in [3.63, 3.8) is 0 Å². The van der Waals surface area contributed by atoms with Gasteiger partial charge < -0.3 is 0 Å². The minimum absolute atomic E-state index is 0. The van der Waals surface area contributed by atoms with Crippen LogP contribution in [0.3, 0.4) is 0 Å². The third-order valence-corrected chi connectivity index (χ3v) is 5.09. The van der Waals surface area contributed by atoms with Crippen LogP contribution in [0.4, 0.5) is 0 Å². The molecule has 0 aromatic heterocycles. The van der Waals surface area contributed by atoms with Crippen LogP contribution >= 0.6 is 0 Å². The molecule has 0 unspecified atom stereocenters. The fourth-order valence-electron chi connectivity index (χ4n) is 3.76. The van der Waals surface area contributed by atoms with Crippen LogP contribution in [-0.2, 0) is 39.1 Å². The third kappa shape index (κ3) is 5.26. The second-order valence-corrected chi connectivity index (χ2v) is 7.26. The SMILES string of the molecule is Cc1[c-]c(C)cc(-c2ccc(CC3CCC(C)CC3)cc2)c1.[Y]. The summed E-state index contributed by atoms with van der Waals surface area (Å²) in [5, 5.41) is 0. The van der Waals surface area contributed by atoms with Crippen molar-refractivity contribution in [2.75, 3.05) is 0 Å². The van der Waals surface area contributed by atoms with E-state index in [9.17, 15) is 0 Å². The molecule has 1 aliphatic carbocycles. The number of hydrogen-bond acceptors (Lipinski definition) is 0. The van der Waals surface area contributed by atoms with E-state index in [1.807, 2.05) is 0 Å². The summed E-state index contributed by atoms with van der Waals surface area (Å²) in [6.07, 6.45) is 6.92. The van der Waals surface area contributed by atoms with E-state index in [2.05, 4.69) is 63.2 Å². The molecule has 0 saturated heterocycles. The number of aryl methyl sites for hydroxylation is 2.